The number of ether oxygens (including phenoxy) is 1. The Hall–Kier alpha value is -3.65. The van der Waals surface area contributed by atoms with Crippen LogP contribution in [0.4, 0.5) is 0 Å². The number of hydrogen-bond donors (Lipinski definition) is 1. The number of benzene rings is 2. The molecule has 32 heavy (non-hydrogen) atoms. The minimum atomic E-state index is -3.66. The zero-order chi connectivity index (χ0) is 22.7. The van der Waals surface area contributed by atoms with Gasteiger partial charge in [0.1, 0.15) is 11.4 Å². The van der Waals surface area contributed by atoms with Crippen molar-refractivity contribution in [3.05, 3.63) is 84.2 Å². The molecule has 0 fully saturated rings. The number of pyridine rings is 1. The minimum Gasteiger partial charge on any atom is -0.497 e. The molecule has 2 heterocycles. The molecule has 0 unspecified atom stereocenters. The van der Waals surface area contributed by atoms with Crippen LogP contribution in [-0.4, -0.2) is 36.7 Å². The molecule has 0 aliphatic rings. The van der Waals surface area contributed by atoms with Gasteiger partial charge in [-0.15, -0.1) is 0 Å². The summed E-state index contributed by atoms with van der Waals surface area (Å²) in [6.07, 6.45) is 0. The number of nitrogens with zero attached hydrogens (tertiary/aromatic N) is 2. The molecule has 7 nitrogen and oxygen atoms in total. The zero-order valence-corrected chi connectivity index (χ0v) is 18.6. The van der Waals surface area contributed by atoms with E-state index >= 15 is 0 Å². The van der Waals surface area contributed by atoms with Crippen molar-refractivity contribution in [3.8, 4) is 17.0 Å². The molecule has 2 aromatic carbocycles. The number of aromatic nitrogens is 2. The quantitative estimate of drug-likeness (QED) is 0.463. The zero-order valence-electron chi connectivity index (χ0n) is 17.8. The van der Waals surface area contributed by atoms with Crippen molar-refractivity contribution in [1.29, 1.82) is 0 Å². The molecule has 0 aliphatic carbocycles. The molecule has 1 N–H and O–H groups in total. The first-order chi connectivity index (χ1) is 15.4. The third-order valence-electron chi connectivity index (χ3n) is 5.17. The van der Waals surface area contributed by atoms with E-state index in [1.54, 1.807) is 13.2 Å². The summed E-state index contributed by atoms with van der Waals surface area (Å²) in [5.41, 5.74) is 3.73. The molecule has 2 aromatic heterocycles. The summed E-state index contributed by atoms with van der Waals surface area (Å²) < 4.78 is 33.0. The second-order valence-corrected chi connectivity index (χ2v) is 9.27. The summed E-state index contributed by atoms with van der Waals surface area (Å²) in [7, 11) is -2.03. The maximum atomic E-state index is 12.4. The molecule has 4 aromatic rings. The predicted molar refractivity (Wildman–Crippen MR) is 124 cm³/mol. The number of carbonyl (C=O) groups is 1. The first-order valence-corrected chi connectivity index (χ1v) is 11.8. The molecular formula is C24H23N3O4S. The van der Waals surface area contributed by atoms with E-state index in [1.807, 2.05) is 59.3 Å². The predicted octanol–water partition coefficient (Wildman–Crippen LogP) is 3.84. The van der Waals surface area contributed by atoms with Gasteiger partial charge in [0.2, 0.25) is 10.0 Å². The summed E-state index contributed by atoms with van der Waals surface area (Å²) in [6, 6.07) is 23.0. The fourth-order valence-corrected chi connectivity index (χ4v) is 4.05. The summed E-state index contributed by atoms with van der Waals surface area (Å²) in [5.74, 6) is -0.153. The molecule has 0 saturated heterocycles. The Morgan fingerprint density at radius 2 is 1.81 bits per heavy atom. The average molecular weight is 450 g/mol. The van der Waals surface area contributed by atoms with Gasteiger partial charge in [-0.1, -0.05) is 36.4 Å². The Kier molecular flexibility index (Phi) is 5.96. The maximum absolute atomic E-state index is 12.4. The topological polar surface area (TPSA) is 90.3 Å². The standard InChI is InChI=1S/C24H23N3O4S/c1-3-32(29,30)26-24(28)21-11-7-10-19(25-21)16-27-22-13-12-20(31-2)14-18(22)15-23(27)17-8-5-4-6-9-17/h4-15H,3,16H2,1-2H3,(H,26,28). The first kappa shape index (κ1) is 21.6. The van der Waals surface area contributed by atoms with E-state index in [4.69, 9.17) is 4.74 Å². The smallest absolute Gasteiger partial charge is 0.283 e. The number of sulfonamides is 1. The van der Waals surface area contributed by atoms with E-state index < -0.39 is 15.9 Å². The van der Waals surface area contributed by atoms with Crippen LogP contribution in [0.1, 0.15) is 23.1 Å². The lowest BCUT2D eigenvalue weighted by Gasteiger charge is -2.12. The van der Waals surface area contributed by atoms with Gasteiger partial charge >= 0.3 is 0 Å². The van der Waals surface area contributed by atoms with E-state index in [2.05, 4.69) is 15.6 Å². The van der Waals surface area contributed by atoms with Crippen molar-refractivity contribution in [3.63, 3.8) is 0 Å². The third kappa shape index (κ3) is 4.50. The minimum absolute atomic E-state index is 0.0546. The number of amides is 1. The number of fused-ring (bicyclic) bond motifs is 1. The molecule has 164 valence electrons. The SMILES string of the molecule is CCS(=O)(=O)NC(=O)c1cccc(Cn2c(-c3ccccc3)cc3cc(OC)ccc32)n1. The van der Waals surface area contributed by atoms with Gasteiger partial charge in [-0.25, -0.2) is 18.1 Å². The highest BCUT2D eigenvalue weighted by Gasteiger charge is 2.17. The van der Waals surface area contributed by atoms with Crippen LogP contribution in [0.5, 0.6) is 5.75 Å². The van der Waals surface area contributed by atoms with Crippen LogP contribution >= 0.6 is 0 Å². The molecule has 0 atom stereocenters. The Bertz CT molecular complexity index is 1380. The third-order valence-corrected chi connectivity index (χ3v) is 6.42. The molecule has 0 radical (unpaired) electrons. The number of carbonyl (C=O) groups excluding carboxylic acids is 1. The Labute approximate surface area is 186 Å². The van der Waals surface area contributed by atoms with Gasteiger partial charge in [0.05, 0.1) is 25.1 Å². The summed E-state index contributed by atoms with van der Waals surface area (Å²) >= 11 is 0. The van der Waals surface area contributed by atoms with E-state index in [1.165, 1.54) is 13.0 Å². The summed E-state index contributed by atoms with van der Waals surface area (Å²) in [4.78, 5) is 16.8. The van der Waals surface area contributed by atoms with Crippen LogP contribution in [0.3, 0.4) is 0 Å². The van der Waals surface area contributed by atoms with Gasteiger partial charge in [0, 0.05) is 16.6 Å². The van der Waals surface area contributed by atoms with Gasteiger partial charge in [-0.05, 0) is 48.9 Å². The Morgan fingerprint density at radius 3 is 2.53 bits per heavy atom. The maximum Gasteiger partial charge on any atom is 0.283 e. The van der Waals surface area contributed by atoms with Gasteiger partial charge in [0.25, 0.3) is 5.91 Å². The van der Waals surface area contributed by atoms with Gasteiger partial charge in [0.15, 0.2) is 0 Å². The number of rotatable bonds is 7. The van der Waals surface area contributed by atoms with Gasteiger partial charge in [-0.2, -0.15) is 0 Å². The fourth-order valence-electron chi connectivity index (χ4n) is 3.52. The molecule has 0 saturated carbocycles. The number of hydrogen-bond acceptors (Lipinski definition) is 5. The Morgan fingerprint density at radius 1 is 1.03 bits per heavy atom. The summed E-state index contributed by atoms with van der Waals surface area (Å²) in [5, 5.41) is 1.02. The largest absolute Gasteiger partial charge is 0.497 e. The van der Waals surface area contributed by atoms with Crippen LogP contribution in [-0.2, 0) is 16.6 Å². The Balaban J connectivity index is 1.75. The van der Waals surface area contributed by atoms with Crippen molar-refractivity contribution < 1.29 is 17.9 Å². The van der Waals surface area contributed by atoms with Gasteiger partial charge in [-0.3, -0.25) is 4.79 Å². The lowest BCUT2D eigenvalue weighted by atomic mass is 10.1. The van der Waals surface area contributed by atoms with E-state index in [0.717, 1.165) is 27.9 Å². The highest BCUT2D eigenvalue weighted by molar-refractivity contribution is 7.90. The second-order valence-electron chi connectivity index (χ2n) is 7.26. The van der Waals surface area contributed by atoms with Crippen molar-refractivity contribution in [2.45, 2.75) is 13.5 Å². The van der Waals surface area contributed by atoms with Crippen LogP contribution in [0.25, 0.3) is 22.2 Å². The normalized spacial score (nSPS) is 11.4. The van der Waals surface area contributed by atoms with Crippen LogP contribution < -0.4 is 9.46 Å². The molecule has 8 heteroatoms. The molecule has 0 aliphatic heterocycles. The average Bonchev–Trinajstić information content (AvgIpc) is 3.17. The van der Waals surface area contributed by atoms with Crippen molar-refractivity contribution in [2.75, 3.05) is 12.9 Å². The highest BCUT2D eigenvalue weighted by Crippen LogP contribution is 2.31. The monoisotopic (exact) mass is 449 g/mol. The lowest BCUT2D eigenvalue weighted by molar-refractivity contribution is 0.0976. The van der Waals surface area contributed by atoms with E-state index in [9.17, 15) is 13.2 Å². The van der Waals surface area contributed by atoms with E-state index in [-0.39, 0.29) is 11.4 Å². The second kappa shape index (κ2) is 8.84. The fraction of sp³-hybridized carbons (Fsp3) is 0.167. The van der Waals surface area contributed by atoms with Crippen LogP contribution in [0.2, 0.25) is 0 Å². The lowest BCUT2D eigenvalue weighted by Crippen LogP contribution is -2.32. The first-order valence-electron chi connectivity index (χ1n) is 10.1. The van der Waals surface area contributed by atoms with Crippen molar-refractivity contribution >= 4 is 26.8 Å². The highest BCUT2D eigenvalue weighted by atomic mass is 32.2. The number of methoxy groups -OCH3 is 1. The molecule has 1 amide bonds. The number of nitrogens with one attached hydrogen (secondary N) is 1. The molecule has 4 rings (SSSR count). The van der Waals surface area contributed by atoms with Crippen LogP contribution in [0.15, 0.2) is 72.8 Å². The van der Waals surface area contributed by atoms with E-state index in [0.29, 0.717) is 12.2 Å². The van der Waals surface area contributed by atoms with Crippen LogP contribution in [0, 0.1) is 0 Å². The van der Waals surface area contributed by atoms with Crippen molar-refractivity contribution in [2.24, 2.45) is 0 Å². The summed E-state index contributed by atoms with van der Waals surface area (Å²) in [6.45, 7) is 1.87. The molecular weight excluding hydrogens is 426 g/mol. The van der Waals surface area contributed by atoms with Gasteiger partial charge < -0.3 is 9.30 Å². The molecule has 0 bridgehead atoms. The molecule has 0 spiro atoms. The van der Waals surface area contributed by atoms with Crippen molar-refractivity contribution in [1.82, 2.24) is 14.3 Å².